The second-order valence-corrected chi connectivity index (χ2v) is 9.77. The van der Waals surface area contributed by atoms with E-state index in [1.165, 1.54) is 0 Å². The Morgan fingerprint density at radius 1 is 1.11 bits per heavy atom. The third-order valence-electron chi connectivity index (χ3n) is 7.13. The van der Waals surface area contributed by atoms with E-state index in [1.54, 1.807) is 0 Å². The SMILES string of the molecule is CCCCC(C)(C)[C@@H](O)CC[C@@H]1[C@@H](CC=CC[C@@H]2C[C@H]2C(=O)O)[C@@H](O)C[C@H]1O. The smallest absolute Gasteiger partial charge is 0.306 e. The van der Waals surface area contributed by atoms with E-state index in [2.05, 4.69) is 20.8 Å². The van der Waals surface area contributed by atoms with E-state index < -0.39 is 24.3 Å². The monoisotopic (exact) mass is 396 g/mol. The number of hydrogen-bond donors (Lipinski definition) is 4. The Morgan fingerprint density at radius 2 is 1.75 bits per heavy atom. The third kappa shape index (κ3) is 6.30. The van der Waals surface area contributed by atoms with Gasteiger partial charge in [0.2, 0.25) is 0 Å². The van der Waals surface area contributed by atoms with Crippen molar-refractivity contribution in [2.24, 2.45) is 29.1 Å². The number of aliphatic hydroxyl groups is 3. The first-order valence-electron chi connectivity index (χ1n) is 11.1. The molecule has 0 aromatic rings. The quantitative estimate of drug-likeness (QED) is 0.377. The maximum Gasteiger partial charge on any atom is 0.306 e. The standard InChI is InChI=1S/C23H40O5/c1-4-5-12-23(2,3)21(26)11-10-17-16(19(24)14-20(17)25)9-7-6-8-15-13-18(15)22(27)28/h6-7,15-21,24-26H,4-5,8-14H2,1-3H3,(H,27,28)/t15-,16-,17-,18-,19+,20-,21+/m1/s1. The van der Waals surface area contributed by atoms with Gasteiger partial charge in [-0.3, -0.25) is 4.79 Å². The predicted octanol–water partition coefficient (Wildman–Crippen LogP) is 3.76. The molecular weight excluding hydrogens is 356 g/mol. The summed E-state index contributed by atoms with van der Waals surface area (Å²) in [4.78, 5) is 10.9. The summed E-state index contributed by atoms with van der Waals surface area (Å²) in [5.74, 6) is -0.623. The molecule has 0 saturated heterocycles. The third-order valence-corrected chi connectivity index (χ3v) is 7.13. The van der Waals surface area contributed by atoms with Gasteiger partial charge in [0.25, 0.3) is 0 Å². The lowest BCUT2D eigenvalue weighted by Gasteiger charge is -2.32. The lowest BCUT2D eigenvalue weighted by molar-refractivity contribution is -0.138. The molecule has 5 nitrogen and oxygen atoms in total. The summed E-state index contributed by atoms with van der Waals surface area (Å²) in [6.45, 7) is 6.37. The van der Waals surface area contributed by atoms with Gasteiger partial charge in [0.1, 0.15) is 0 Å². The van der Waals surface area contributed by atoms with Crippen molar-refractivity contribution in [2.75, 3.05) is 0 Å². The molecule has 0 radical (unpaired) electrons. The Balaban J connectivity index is 1.81. The molecule has 7 atom stereocenters. The molecule has 0 aliphatic heterocycles. The van der Waals surface area contributed by atoms with Crippen LogP contribution in [-0.4, -0.2) is 44.7 Å². The fourth-order valence-corrected chi connectivity index (χ4v) is 4.78. The van der Waals surface area contributed by atoms with E-state index in [0.29, 0.717) is 19.3 Å². The van der Waals surface area contributed by atoms with Crippen LogP contribution in [0.15, 0.2) is 12.2 Å². The van der Waals surface area contributed by atoms with Gasteiger partial charge >= 0.3 is 5.97 Å². The minimum atomic E-state index is -0.701. The summed E-state index contributed by atoms with van der Waals surface area (Å²) >= 11 is 0. The van der Waals surface area contributed by atoms with Gasteiger partial charge in [-0.15, -0.1) is 0 Å². The number of aliphatic hydroxyl groups excluding tert-OH is 3. The summed E-state index contributed by atoms with van der Waals surface area (Å²) in [7, 11) is 0. The first-order chi connectivity index (χ1) is 13.2. The number of hydrogen-bond acceptors (Lipinski definition) is 4. The average molecular weight is 397 g/mol. The lowest BCUT2D eigenvalue weighted by Crippen LogP contribution is -2.31. The van der Waals surface area contributed by atoms with Gasteiger partial charge in [-0.25, -0.2) is 0 Å². The molecule has 2 rings (SSSR count). The van der Waals surface area contributed by atoms with Crippen molar-refractivity contribution >= 4 is 5.97 Å². The molecule has 0 aromatic heterocycles. The van der Waals surface area contributed by atoms with E-state index in [4.69, 9.17) is 5.11 Å². The summed E-state index contributed by atoms with van der Waals surface area (Å²) in [6.07, 6.45) is 9.86. The van der Waals surface area contributed by atoms with Crippen LogP contribution < -0.4 is 0 Å². The summed E-state index contributed by atoms with van der Waals surface area (Å²) in [5, 5.41) is 40.4. The van der Waals surface area contributed by atoms with Gasteiger partial charge in [0.05, 0.1) is 24.2 Å². The van der Waals surface area contributed by atoms with Crippen LogP contribution in [-0.2, 0) is 4.79 Å². The number of rotatable bonds is 12. The van der Waals surface area contributed by atoms with Crippen LogP contribution in [0.1, 0.15) is 78.6 Å². The molecule has 2 aliphatic carbocycles. The van der Waals surface area contributed by atoms with Crippen molar-refractivity contribution in [2.45, 2.75) is 96.9 Å². The van der Waals surface area contributed by atoms with E-state index in [-0.39, 0.29) is 29.1 Å². The van der Waals surface area contributed by atoms with Crippen molar-refractivity contribution in [1.82, 2.24) is 0 Å². The fourth-order valence-electron chi connectivity index (χ4n) is 4.78. The van der Waals surface area contributed by atoms with Gasteiger partial charge in [0.15, 0.2) is 0 Å². The van der Waals surface area contributed by atoms with Gasteiger partial charge in [-0.1, -0.05) is 45.8 Å². The number of allylic oxidation sites excluding steroid dienone is 2. The minimum absolute atomic E-state index is 0.00367. The highest BCUT2D eigenvalue weighted by atomic mass is 16.4. The molecule has 0 unspecified atom stereocenters. The molecule has 2 aliphatic rings. The molecule has 5 heteroatoms. The molecule has 2 fully saturated rings. The van der Waals surface area contributed by atoms with Gasteiger partial charge < -0.3 is 20.4 Å². The molecule has 0 heterocycles. The molecule has 0 aromatic carbocycles. The normalized spacial score (nSPS) is 34.1. The Bertz CT molecular complexity index is 529. The van der Waals surface area contributed by atoms with Crippen LogP contribution in [0.5, 0.6) is 0 Å². The van der Waals surface area contributed by atoms with Crippen LogP contribution in [0, 0.1) is 29.1 Å². The second kappa shape index (κ2) is 10.2. The maximum atomic E-state index is 10.9. The Kier molecular flexibility index (Phi) is 8.53. The van der Waals surface area contributed by atoms with Crippen molar-refractivity contribution < 1.29 is 25.2 Å². The molecular formula is C23H40O5. The zero-order chi connectivity index (χ0) is 20.9. The molecule has 28 heavy (non-hydrogen) atoms. The number of unbranched alkanes of at least 4 members (excludes halogenated alkanes) is 1. The highest BCUT2D eigenvalue weighted by Crippen LogP contribution is 2.42. The topological polar surface area (TPSA) is 98.0 Å². The van der Waals surface area contributed by atoms with E-state index >= 15 is 0 Å². The average Bonchev–Trinajstić information content (AvgIpc) is 3.35. The Labute approximate surface area is 169 Å². The van der Waals surface area contributed by atoms with Crippen LogP contribution >= 0.6 is 0 Å². The van der Waals surface area contributed by atoms with Crippen molar-refractivity contribution in [3.63, 3.8) is 0 Å². The number of carboxylic acids is 1. The molecule has 0 amide bonds. The number of carbonyl (C=O) groups is 1. The van der Waals surface area contributed by atoms with Crippen molar-refractivity contribution in [3.05, 3.63) is 12.2 Å². The largest absolute Gasteiger partial charge is 0.481 e. The maximum absolute atomic E-state index is 10.9. The molecule has 0 spiro atoms. The number of aliphatic carboxylic acids is 1. The van der Waals surface area contributed by atoms with Crippen molar-refractivity contribution in [3.8, 4) is 0 Å². The first-order valence-corrected chi connectivity index (χ1v) is 11.1. The Hall–Kier alpha value is -0.910. The highest BCUT2D eigenvalue weighted by molar-refractivity contribution is 5.73. The van der Waals surface area contributed by atoms with Crippen LogP contribution in [0.3, 0.4) is 0 Å². The first kappa shape index (κ1) is 23.4. The zero-order valence-electron chi connectivity index (χ0n) is 17.8. The fraction of sp³-hybridized carbons (Fsp3) is 0.870. The van der Waals surface area contributed by atoms with Crippen LogP contribution in [0.25, 0.3) is 0 Å². The lowest BCUT2D eigenvalue weighted by atomic mass is 9.77. The summed E-state index contributed by atoms with van der Waals surface area (Å²) < 4.78 is 0. The zero-order valence-corrected chi connectivity index (χ0v) is 17.8. The van der Waals surface area contributed by atoms with Crippen molar-refractivity contribution in [1.29, 1.82) is 0 Å². The predicted molar refractivity (Wildman–Crippen MR) is 110 cm³/mol. The van der Waals surface area contributed by atoms with E-state index in [1.807, 2.05) is 12.2 Å². The van der Waals surface area contributed by atoms with E-state index in [0.717, 1.165) is 38.5 Å². The summed E-state index contributed by atoms with van der Waals surface area (Å²) in [5.41, 5.74) is -0.126. The van der Waals surface area contributed by atoms with Gasteiger partial charge in [0, 0.05) is 0 Å². The highest BCUT2D eigenvalue weighted by Gasteiger charge is 2.43. The number of carboxylic acid groups (broad SMARTS) is 1. The summed E-state index contributed by atoms with van der Waals surface area (Å²) in [6, 6.07) is 0. The Morgan fingerprint density at radius 3 is 2.36 bits per heavy atom. The van der Waals surface area contributed by atoms with Crippen LogP contribution in [0.2, 0.25) is 0 Å². The van der Waals surface area contributed by atoms with Gasteiger partial charge in [-0.05, 0) is 68.1 Å². The molecule has 4 N–H and O–H groups in total. The van der Waals surface area contributed by atoms with Crippen LogP contribution in [0.4, 0.5) is 0 Å². The minimum Gasteiger partial charge on any atom is -0.481 e. The molecule has 162 valence electrons. The van der Waals surface area contributed by atoms with E-state index in [9.17, 15) is 20.1 Å². The second-order valence-electron chi connectivity index (χ2n) is 9.77. The molecule has 0 bridgehead atoms. The molecule has 2 saturated carbocycles. The van der Waals surface area contributed by atoms with Gasteiger partial charge in [-0.2, -0.15) is 0 Å².